The summed E-state index contributed by atoms with van der Waals surface area (Å²) < 4.78 is 2.13. The second kappa shape index (κ2) is 6.67. The van der Waals surface area contributed by atoms with Crippen molar-refractivity contribution in [3.8, 4) is 0 Å². The van der Waals surface area contributed by atoms with Crippen LogP contribution in [-0.2, 0) is 0 Å². The van der Waals surface area contributed by atoms with Crippen LogP contribution < -0.4 is 5.32 Å². The first-order chi connectivity index (χ1) is 11.7. The van der Waals surface area contributed by atoms with Crippen molar-refractivity contribution < 1.29 is 4.79 Å². The normalized spacial score (nSPS) is 24.5. The molecule has 0 spiro atoms. The lowest BCUT2D eigenvalue weighted by Crippen LogP contribution is -2.38. The summed E-state index contributed by atoms with van der Waals surface area (Å²) in [6.45, 7) is 1.96. The molecule has 2 aromatic rings. The van der Waals surface area contributed by atoms with Gasteiger partial charge in [0.1, 0.15) is 4.88 Å². The Bertz CT molecular complexity index is 703. The molecule has 0 aliphatic heterocycles. The number of carbonyl (C=O) groups is 1. The number of carbonyl (C=O) groups excluding carboxylic acids is 1. The second-order valence-corrected chi connectivity index (χ2v) is 8.07. The highest BCUT2D eigenvalue weighted by Gasteiger charge is 2.31. The fourth-order valence-corrected chi connectivity index (χ4v) is 5.28. The van der Waals surface area contributed by atoms with Crippen molar-refractivity contribution in [3.05, 3.63) is 34.3 Å². The first kappa shape index (κ1) is 15.8. The summed E-state index contributed by atoms with van der Waals surface area (Å²) in [6, 6.07) is 0.502. The molecule has 128 valence electrons. The minimum Gasteiger partial charge on any atom is -0.346 e. The Morgan fingerprint density at radius 3 is 2.83 bits per heavy atom. The molecule has 0 radical (unpaired) electrons. The van der Waals surface area contributed by atoms with Gasteiger partial charge in [0, 0.05) is 24.4 Å². The van der Waals surface area contributed by atoms with Crippen LogP contribution in [0.5, 0.6) is 0 Å². The van der Waals surface area contributed by atoms with Crippen molar-refractivity contribution in [2.45, 2.75) is 69.9 Å². The number of imidazole rings is 1. The molecule has 1 amide bonds. The third kappa shape index (κ3) is 2.99. The van der Waals surface area contributed by atoms with Gasteiger partial charge in [0.2, 0.25) is 0 Å². The maximum atomic E-state index is 12.8. The van der Waals surface area contributed by atoms with Gasteiger partial charge in [-0.3, -0.25) is 4.79 Å². The van der Waals surface area contributed by atoms with Gasteiger partial charge < -0.3 is 9.88 Å². The van der Waals surface area contributed by atoms with Crippen LogP contribution in [-0.4, -0.2) is 26.5 Å². The third-order valence-electron chi connectivity index (χ3n) is 5.43. The van der Waals surface area contributed by atoms with Gasteiger partial charge in [-0.2, -0.15) is 0 Å². The number of rotatable bonds is 4. The van der Waals surface area contributed by atoms with Gasteiger partial charge in [-0.15, -0.1) is 11.3 Å². The molecule has 4 rings (SSSR count). The molecule has 5 nitrogen and oxygen atoms in total. The SMILES string of the molecule is Cc1nc(C2CCCC2)sc1C(=O)N[C@@H]1CCC[C@@H]1n1ccnc1. The lowest BCUT2D eigenvalue weighted by molar-refractivity contribution is 0.0932. The Labute approximate surface area is 146 Å². The van der Waals surface area contributed by atoms with E-state index in [2.05, 4.69) is 14.9 Å². The molecule has 1 N–H and O–H groups in total. The molecule has 2 saturated carbocycles. The summed E-state index contributed by atoms with van der Waals surface area (Å²) in [4.78, 5) is 22.4. The quantitative estimate of drug-likeness (QED) is 0.917. The van der Waals surface area contributed by atoms with E-state index in [0.717, 1.165) is 34.8 Å². The number of aromatic nitrogens is 3. The van der Waals surface area contributed by atoms with E-state index in [1.165, 1.54) is 25.7 Å². The summed E-state index contributed by atoms with van der Waals surface area (Å²) >= 11 is 1.60. The molecule has 2 atom stereocenters. The zero-order valence-electron chi connectivity index (χ0n) is 14.1. The maximum absolute atomic E-state index is 12.8. The van der Waals surface area contributed by atoms with Crippen LogP contribution in [0.3, 0.4) is 0 Å². The number of hydrogen-bond acceptors (Lipinski definition) is 4. The van der Waals surface area contributed by atoms with E-state index in [-0.39, 0.29) is 11.9 Å². The molecule has 6 heteroatoms. The summed E-state index contributed by atoms with van der Waals surface area (Å²) in [5.74, 6) is 0.617. The number of nitrogens with zero attached hydrogens (tertiary/aromatic N) is 3. The Balaban J connectivity index is 1.48. The zero-order chi connectivity index (χ0) is 16.5. The molecule has 24 heavy (non-hydrogen) atoms. The Kier molecular flexibility index (Phi) is 4.39. The Hall–Kier alpha value is -1.69. The molecule has 0 aromatic carbocycles. The van der Waals surface area contributed by atoms with Crippen LogP contribution in [0.15, 0.2) is 18.7 Å². The molecular weight excluding hydrogens is 320 g/mol. The van der Waals surface area contributed by atoms with Crippen LogP contribution in [0.25, 0.3) is 0 Å². The van der Waals surface area contributed by atoms with Gasteiger partial charge in [-0.25, -0.2) is 9.97 Å². The Morgan fingerprint density at radius 1 is 1.25 bits per heavy atom. The molecule has 2 aromatic heterocycles. The minimum absolute atomic E-state index is 0.0475. The fraction of sp³-hybridized carbons (Fsp3) is 0.611. The van der Waals surface area contributed by atoms with E-state index in [1.807, 2.05) is 19.4 Å². The van der Waals surface area contributed by atoms with E-state index in [9.17, 15) is 4.79 Å². The van der Waals surface area contributed by atoms with Gasteiger partial charge >= 0.3 is 0 Å². The molecule has 2 aliphatic carbocycles. The minimum atomic E-state index is 0.0475. The first-order valence-electron chi connectivity index (χ1n) is 8.98. The lowest BCUT2D eigenvalue weighted by Gasteiger charge is -2.21. The number of amides is 1. The number of nitrogens with one attached hydrogen (secondary N) is 1. The van der Waals surface area contributed by atoms with Crippen molar-refractivity contribution >= 4 is 17.2 Å². The summed E-state index contributed by atoms with van der Waals surface area (Å²) in [5.41, 5.74) is 0.886. The molecule has 0 bridgehead atoms. The predicted octanol–water partition coefficient (Wildman–Crippen LogP) is 3.83. The third-order valence-corrected chi connectivity index (χ3v) is 6.75. The average Bonchev–Trinajstić information content (AvgIpc) is 3.34. The van der Waals surface area contributed by atoms with Crippen molar-refractivity contribution in [1.82, 2.24) is 19.9 Å². The van der Waals surface area contributed by atoms with Crippen molar-refractivity contribution in [1.29, 1.82) is 0 Å². The second-order valence-electron chi connectivity index (χ2n) is 7.04. The van der Waals surface area contributed by atoms with E-state index >= 15 is 0 Å². The number of aryl methyl sites for hydroxylation is 1. The lowest BCUT2D eigenvalue weighted by atomic mass is 10.1. The van der Waals surface area contributed by atoms with Crippen molar-refractivity contribution in [2.24, 2.45) is 0 Å². The highest BCUT2D eigenvalue weighted by Crippen LogP contribution is 2.37. The van der Waals surface area contributed by atoms with Crippen LogP contribution in [0.4, 0.5) is 0 Å². The smallest absolute Gasteiger partial charge is 0.263 e. The van der Waals surface area contributed by atoms with E-state index in [1.54, 1.807) is 17.5 Å². The highest BCUT2D eigenvalue weighted by molar-refractivity contribution is 7.13. The number of hydrogen-bond donors (Lipinski definition) is 1. The monoisotopic (exact) mass is 344 g/mol. The standard InChI is InChI=1S/C18H24N4OS/c1-12-16(24-18(20-12)13-5-2-3-6-13)17(23)21-14-7-4-8-15(14)22-10-9-19-11-22/h9-11,13-15H,2-8H2,1H3,(H,21,23)/t14-,15+/m1/s1. The summed E-state index contributed by atoms with van der Waals surface area (Å²) in [7, 11) is 0. The summed E-state index contributed by atoms with van der Waals surface area (Å²) in [6.07, 6.45) is 13.9. The molecule has 2 heterocycles. The summed E-state index contributed by atoms with van der Waals surface area (Å²) in [5, 5.41) is 4.42. The fourth-order valence-electron chi connectivity index (χ4n) is 4.14. The average molecular weight is 344 g/mol. The van der Waals surface area contributed by atoms with Gasteiger partial charge in [0.25, 0.3) is 5.91 Å². The first-order valence-corrected chi connectivity index (χ1v) is 9.79. The van der Waals surface area contributed by atoms with Crippen LogP contribution >= 0.6 is 11.3 Å². The maximum Gasteiger partial charge on any atom is 0.263 e. The van der Waals surface area contributed by atoms with Gasteiger partial charge in [-0.05, 0) is 39.0 Å². The van der Waals surface area contributed by atoms with Gasteiger partial charge in [-0.1, -0.05) is 12.8 Å². The molecule has 2 fully saturated rings. The molecular formula is C18H24N4OS. The van der Waals surface area contributed by atoms with E-state index < -0.39 is 0 Å². The topological polar surface area (TPSA) is 59.8 Å². The van der Waals surface area contributed by atoms with Gasteiger partial charge in [0.15, 0.2) is 0 Å². The van der Waals surface area contributed by atoms with Crippen molar-refractivity contribution in [2.75, 3.05) is 0 Å². The van der Waals surface area contributed by atoms with Crippen LogP contribution in [0.2, 0.25) is 0 Å². The van der Waals surface area contributed by atoms with E-state index in [0.29, 0.717) is 12.0 Å². The van der Waals surface area contributed by atoms with Crippen molar-refractivity contribution in [3.63, 3.8) is 0 Å². The largest absolute Gasteiger partial charge is 0.346 e. The predicted molar refractivity (Wildman–Crippen MR) is 94.4 cm³/mol. The molecule has 0 unspecified atom stereocenters. The van der Waals surface area contributed by atoms with Gasteiger partial charge in [0.05, 0.1) is 23.1 Å². The number of thiazole rings is 1. The van der Waals surface area contributed by atoms with Crippen LogP contribution in [0, 0.1) is 6.92 Å². The molecule has 2 aliphatic rings. The van der Waals surface area contributed by atoms with E-state index in [4.69, 9.17) is 4.98 Å². The molecule has 0 saturated heterocycles. The van der Waals surface area contributed by atoms with Crippen LogP contribution in [0.1, 0.15) is 77.3 Å². The Morgan fingerprint density at radius 2 is 2.08 bits per heavy atom. The zero-order valence-corrected chi connectivity index (χ0v) is 14.9. The highest BCUT2D eigenvalue weighted by atomic mass is 32.1.